The second kappa shape index (κ2) is 9.92. The lowest BCUT2D eigenvalue weighted by Gasteiger charge is -2.23. The highest BCUT2D eigenvalue weighted by molar-refractivity contribution is 9.10. The second-order valence-electron chi connectivity index (χ2n) is 7.78. The van der Waals surface area contributed by atoms with Gasteiger partial charge in [-0.1, -0.05) is 47.3 Å². The van der Waals surface area contributed by atoms with Gasteiger partial charge in [0.2, 0.25) is 10.0 Å². The van der Waals surface area contributed by atoms with E-state index < -0.39 is 15.8 Å². The Hall–Kier alpha value is -1.93. The third kappa shape index (κ3) is 6.04. The Kier molecular flexibility index (Phi) is 7.52. The third-order valence-electron chi connectivity index (χ3n) is 5.40. The van der Waals surface area contributed by atoms with E-state index in [1.165, 1.54) is 31.4 Å². The molecule has 1 saturated carbocycles. The number of benzene rings is 2. The molecule has 162 valence electrons. The number of anilines is 1. The van der Waals surface area contributed by atoms with Crippen molar-refractivity contribution in [2.75, 3.05) is 17.1 Å². The SMILES string of the molecule is CS(=O)(=O)N(Cc1ccc(C(=O)NCC2CCCCC2)cc1)c1ccc(Br)cc1F. The number of carbonyl (C=O) groups excluding carboxylic acids is 1. The Morgan fingerprint density at radius 3 is 2.40 bits per heavy atom. The molecule has 0 saturated heterocycles. The normalized spacial score (nSPS) is 15.0. The number of nitrogens with zero attached hydrogens (tertiary/aromatic N) is 1. The first-order valence-corrected chi connectivity index (χ1v) is 12.7. The molecule has 0 heterocycles. The molecule has 3 rings (SSSR count). The van der Waals surface area contributed by atoms with Crippen molar-refractivity contribution >= 4 is 37.5 Å². The number of carbonyl (C=O) groups is 1. The summed E-state index contributed by atoms with van der Waals surface area (Å²) < 4.78 is 40.4. The van der Waals surface area contributed by atoms with Crippen molar-refractivity contribution in [2.24, 2.45) is 5.92 Å². The van der Waals surface area contributed by atoms with E-state index in [1.54, 1.807) is 30.3 Å². The van der Waals surface area contributed by atoms with Crippen LogP contribution in [0.15, 0.2) is 46.9 Å². The predicted octanol–water partition coefficient (Wildman–Crippen LogP) is 4.86. The van der Waals surface area contributed by atoms with Gasteiger partial charge in [-0.05, 0) is 54.7 Å². The monoisotopic (exact) mass is 496 g/mol. The molecule has 0 bridgehead atoms. The fraction of sp³-hybridized carbons (Fsp3) is 0.409. The molecule has 8 heteroatoms. The van der Waals surface area contributed by atoms with Crippen molar-refractivity contribution in [3.63, 3.8) is 0 Å². The summed E-state index contributed by atoms with van der Waals surface area (Å²) in [6.45, 7) is 0.659. The molecule has 0 unspecified atom stereocenters. The van der Waals surface area contributed by atoms with Gasteiger partial charge in [0, 0.05) is 16.6 Å². The first kappa shape index (κ1) is 22.7. The lowest BCUT2D eigenvalue weighted by atomic mass is 9.89. The minimum absolute atomic E-state index is 0.0185. The van der Waals surface area contributed by atoms with Crippen LogP contribution in [-0.4, -0.2) is 27.1 Å². The number of amides is 1. The van der Waals surface area contributed by atoms with Crippen LogP contribution in [0.1, 0.15) is 48.0 Å². The minimum atomic E-state index is -3.70. The Balaban J connectivity index is 1.68. The topological polar surface area (TPSA) is 66.5 Å². The zero-order valence-corrected chi connectivity index (χ0v) is 19.3. The summed E-state index contributed by atoms with van der Waals surface area (Å²) in [5.74, 6) is -0.217. The molecule has 30 heavy (non-hydrogen) atoms. The largest absolute Gasteiger partial charge is 0.352 e. The molecule has 0 atom stereocenters. The summed E-state index contributed by atoms with van der Waals surface area (Å²) >= 11 is 3.18. The average Bonchev–Trinajstić information content (AvgIpc) is 2.71. The van der Waals surface area contributed by atoms with Gasteiger partial charge in [-0.15, -0.1) is 0 Å². The molecule has 2 aromatic carbocycles. The maximum Gasteiger partial charge on any atom is 0.251 e. The van der Waals surface area contributed by atoms with E-state index in [0.717, 1.165) is 23.4 Å². The maximum absolute atomic E-state index is 14.4. The number of sulfonamides is 1. The van der Waals surface area contributed by atoms with E-state index in [4.69, 9.17) is 0 Å². The second-order valence-corrected chi connectivity index (χ2v) is 10.6. The lowest BCUT2D eigenvalue weighted by molar-refractivity contribution is 0.0943. The summed E-state index contributed by atoms with van der Waals surface area (Å²) in [4.78, 5) is 12.4. The van der Waals surface area contributed by atoms with Crippen molar-refractivity contribution in [3.8, 4) is 0 Å². The van der Waals surface area contributed by atoms with Crippen molar-refractivity contribution in [1.82, 2.24) is 5.32 Å². The van der Waals surface area contributed by atoms with E-state index in [1.807, 2.05) is 0 Å². The molecule has 0 radical (unpaired) electrons. The van der Waals surface area contributed by atoms with E-state index in [0.29, 0.717) is 28.1 Å². The Labute approximate surface area is 185 Å². The fourth-order valence-electron chi connectivity index (χ4n) is 3.72. The van der Waals surface area contributed by atoms with Crippen LogP contribution in [-0.2, 0) is 16.6 Å². The van der Waals surface area contributed by atoms with Gasteiger partial charge in [0.15, 0.2) is 0 Å². The number of nitrogens with one attached hydrogen (secondary N) is 1. The molecule has 1 amide bonds. The molecular formula is C22H26BrFN2O3S. The number of hydrogen-bond donors (Lipinski definition) is 1. The van der Waals surface area contributed by atoms with Gasteiger partial charge >= 0.3 is 0 Å². The van der Waals surface area contributed by atoms with Crippen molar-refractivity contribution in [1.29, 1.82) is 0 Å². The van der Waals surface area contributed by atoms with Gasteiger partial charge in [0.1, 0.15) is 5.82 Å². The standard InChI is InChI=1S/C22H26BrFN2O3S/c1-30(28,29)26(21-12-11-19(23)13-20(21)24)15-17-7-9-18(10-8-17)22(27)25-14-16-5-3-2-4-6-16/h7-13,16H,2-6,14-15H2,1H3,(H,25,27). The summed E-state index contributed by atoms with van der Waals surface area (Å²) in [7, 11) is -3.70. The molecule has 0 spiro atoms. The van der Waals surface area contributed by atoms with E-state index >= 15 is 0 Å². The molecule has 1 aliphatic carbocycles. The maximum atomic E-state index is 14.4. The van der Waals surface area contributed by atoms with E-state index in [2.05, 4.69) is 21.2 Å². The number of rotatable bonds is 7. The van der Waals surface area contributed by atoms with Gasteiger partial charge in [-0.2, -0.15) is 0 Å². The van der Waals surface area contributed by atoms with Crippen LogP contribution in [0.25, 0.3) is 0 Å². The summed E-state index contributed by atoms with van der Waals surface area (Å²) in [6.07, 6.45) is 7.10. The Morgan fingerprint density at radius 1 is 1.13 bits per heavy atom. The molecule has 1 fully saturated rings. The van der Waals surface area contributed by atoms with Gasteiger partial charge in [-0.25, -0.2) is 12.8 Å². The summed E-state index contributed by atoms with van der Waals surface area (Å²) in [5, 5.41) is 2.99. The predicted molar refractivity (Wildman–Crippen MR) is 120 cm³/mol. The fourth-order valence-corrected chi connectivity index (χ4v) is 4.94. The molecule has 1 N–H and O–H groups in total. The Morgan fingerprint density at radius 2 is 1.80 bits per heavy atom. The number of halogens is 2. The summed E-state index contributed by atoms with van der Waals surface area (Å²) in [5.41, 5.74) is 1.16. The number of hydrogen-bond acceptors (Lipinski definition) is 3. The van der Waals surface area contributed by atoms with Crippen molar-refractivity contribution < 1.29 is 17.6 Å². The van der Waals surface area contributed by atoms with Crippen LogP contribution < -0.4 is 9.62 Å². The highest BCUT2D eigenvalue weighted by Gasteiger charge is 2.22. The van der Waals surface area contributed by atoms with Crippen LogP contribution in [0, 0.1) is 11.7 Å². The highest BCUT2D eigenvalue weighted by Crippen LogP contribution is 2.27. The zero-order chi connectivity index (χ0) is 21.7. The van der Waals surface area contributed by atoms with Gasteiger partial charge < -0.3 is 5.32 Å². The Bertz CT molecular complexity index is 990. The highest BCUT2D eigenvalue weighted by atomic mass is 79.9. The molecular weight excluding hydrogens is 471 g/mol. The van der Waals surface area contributed by atoms with Crippen molar-refractivity contribution in [3.05, 3.63) is 63.9 Å². The molecule has 5 nitrogen and oxygen atoms in total. The quantitative estimate of drug-likeness (QED) is 0.594. The zero-order valence-electron chi connectivity index (χ0n) is 16.9. The average molecular weight is 497 g/mol. The molecule has 0 aliphatic heterocycles. The first-order valence-electron chi connectivity index (χ1n) is 10.0. The van der Waals surface area contributed by atoms with Gasteiger partial charge in [-0.3, -0.25) is 9.10 Å². The smallest absolute Gasteiger partial charge is 0.251 e. The van der Waals surface area contributed by atoms with Crippen LogP contribution in [0.4, 0.5) is 10.1 Å². The minimum Gasteiger partial charge on any atom is -0.352 e. The van der Waals surface area contributed by atoms with Gasteiger partial charge in [0.25, 0.3) is 5.91 Å². The van der Waals surface area contributed by atoms with E-state index in [-0.39, 0.29) is 18.1 Å². The van der Waals surface area contributed by atoms with Crippen LogP contribution in [0.5, 0.6) is 0 Å². The van der Waals surface area contributed by atoms with Gasteiger partial charge in [0.05, 0.1) is 18.5 Å². The third-order valence-corrected chi connectivity index (χ3v) is 7.02. The molecule has 0 aromatic heterocycles. The molecule has 2 aromatic rings. The molecule has 1 aliphatic rings. The van der Waals surface area contributed by atoms with Crippen LogP contribution in [0.3, 0.4) is 0 Å². The van der Waals surface area contributed by atoms with E-state index in [9.17, 15) is 17.6 Å². The summed E-state index contributed by atoms with van der Waals surface area (Å²) in [6, 6.07) is 11.0. The lowest BCUT2D eigenvalue weighted by Crippen LogP contribution is -2.31. The van der Waals surface area contributed by atoms with Crippen LogP contribution >= 0.6 is 15.9 Å². The van der Waals surface area contributed by atoms with Crippen LogP contribution in [0.2, 0.25) is 0 Å². The first-order chi connectivity index (χ1) is 14.2. The van der Waals surface area contributed by atoms with Crippen molar-refractivity contribution in [2.45, 2.75) is 38.6 Å².